The minimum atomic E-state index is -0.0200. The van der Waals surface area contributed by atoms with Crippen LogP contribution in [0.4, 0.5) is 0 Å². The second-order valence-corrected chi connectivity index (χ2v) is 10.5. The summed E-state index contributed by atoms with van der Waals surface area (Å²) in [6.45, 7) is 13.1. The Kier molecular flexibility index (Phi) is 6.79. The Morgan fingerprint density at radius 1 is 0.912 bits per heavy atom. The lowest BCUT2D eigenvalue weighted by Gasteiger charge is -2.22. The molecular formula is C30H37N3O. The third-order valence-corrected chi connectivity index (χ3v) is 6.84. The summed E-state index contributed by atoms with van der Waals surface area (Å²) in [6.07, 6.45) is 4.37. The van der Waals surface area contributed by atoms with Crippen LogP contribution in [0, 0.1) is 0 Å². The number of fused-ring (bicyclic) bond motifs is 1. The number of rotatable bonds is 7. The third-order valence-electron chi connectivity index (χ3n) is 6.84. The smallest absolute Gasteiger partial charge is 0.126 e. The van der Waals surface area contributed by atoms with E-state index in [2.05, 4.69) is 77.9 Å². The average Bonchev–Trinajstić information content (AvgIpc) is 3.25. The van der Waals surface area contributed by atoms with Crippen LogP contribution in [0.1, 0.15) is 83.4 Å². The van der Waals surface area contributed by atoms with Crippen LogP contribution in [-0.4, -0.2) is 20.1 Å². The van der Waals surface area contributed by atoms with E-state index in [0.29, 0.717) is 5.75 Å². The van der Waals surface area contributed by atoms with Gasteiger partial charge in [0.25, 0.3) is 0 Å². The highest BCUT2D eigenvalue weighted by molar-refractivity contribution is 5.80. The molecule has 0 bridgehead atoms. The molecule has 4 aromatic rings. The fourth-order valence-electron chi connectivity index (χ4n) is 4.39. The molecule has 0 amide bonds. The van der Waals surface area contributed by atoms with Gasteiger partial charge in [-0.1, -0.05) is 84.4 Å². The van der Waals surface area contributed by atoms with E-state index < -0.39 is 0 Å². The Morgan fingerprint density at radius 3 is 2.38 bits per heavy atom. The fraction of sp³-hybridized carbons (Fsp3) is 0.400. The van der Waals surface area contributed by atoms with Crippen molar-refractivity contribution in [1.82, 2.24) is 15.0 Å². The molecule has 178 valence electrons. The van der Waals surface area contributed by atoms with Crippen molar-refractivity contribution >= 4 is 11.0 Å². The summed E-state index contributed by atoms with van der Waals surface area (Å²) in [7, 11) is 0. The Bertz CT molecular complexity index is 1300. The number of hydrogen-bond acceptors (Lipinski definition) is 3. The van der Waals surface area contributed by atoms with Crippen molar-refractivity contribution in [1.29, 1.82) is 0 Å². The van der Waals surface area contributed by atoms with Crippen molar-refractivity contribution < 1.29 is 5.11 Å². The number of aromatic nitrogens is 3. The zero-order chi connectivity index (χ0) is 24.5. The molecule has 1 atom stereocenters. The predicted octanol–water partition coefficient (Wildman–Crippen LogP) is 7.95. The fourth-order valence-corrected chi connectivity index (χ4v) is 4.39. The Morgan fingerprint density at radius 2 is 1.68 bits per heavy atom. The summed E-state index contributed by atoms with van der Waals surface area (Å²) < 4.78 is 0. The average molecular weight is 456 g/mol. The van der Waals surface area contributed by atoms with Crippen LogP contribution in [0.3, 0.4) is 0 Å². The molecule has 0 aliphatic carbocycles. The maximum absolute atomic E-state index is 11.3. The summed E-state index contributed by atoms with van der Waals surface area (Å²) in [6, 6.07) is 18.8. The Labute approximate surface area is 203 Å². The second kappa shape index (κ2) is 9.61. The van der Waals surface area contributed by atoms with E-state index in [1.807, 2.05) is 18.2 Å². The van der Waals surface area contributed by atoms with Crippen molar-refractivity contribution in [3.63, 3.8) is 0 Å². The van der Waals surface area contributed by atoms with Gasteiger partial charge in [-0.15, -0.1) is 15.0 Å². The quantitative estimate of drug-likeness (QED) is 0.308. The van der Waals surface area contributed by atoms with E-state index in [1.165, 1.54) is 24.0 Å². The van der Waals surface area contributed by atoms with Gasteiger partial charge < -0.3 is 5.11 Å². The van der Waals surface area contributed by atoms with E-state index in [-0.39, 0.29) is 11.3 Å². The molecule has 4 heteroatoms. The molecule has 1 aromatic heterocycles. The third kappa shape index (κ3) is 4.72. The molecule has 1 heterocycles. The van der Waals surface area contributed by atoms with Crippen LogP contribution in [0.2, 0.25) is 0 Å². The number of hydrogen-bond donors (Lipinski definition) is 1. The lowest BCUT2D eigenvalue weighted by atomic mass is 9.85. The summed E-state index contributed by atoms with van der Waals surface area (Å²) >= 11 is 0. The first-order valence-electron chi connectivity index (χ1n) is 12.6. The van der Waals surface area contributed by atoms with Gasteiger partial charge in [0, 0.05) is 11.1 Å². The first-order valence-corrected chi connectivity index (χ1v) is 12.6. The van der Waals surface area contributed by atoms with E-state index >= 15 is 0 Å². The van der Waals surface area contributed by atoms with Gasteiger partial charge in [-0.25, -0.2) is 0 Å². The number of aromatic hydroxyl groups is 1. The van der Waals surface area contributed by atoms with Crippen LogP contribution in [0.25, 0.3) is 27.8 Å². The maximum Gasteiger partial charge on any atom is 0.126 e. The standard InChI is InChI=1S/C30H37N3O/c1-7-9-11-21-14-17-26-27(18-21)32-33(31-26)28-19-22(30(4,5)6)15-16-24(28)25-13-10-12-23(29(25)34)20(3)8-2/h10,12-20,34H,7-9,11H2,1-6H3. The first-order chi connectivity index (χ1) is 16.2. The molecular weight excluding hydrogens is 418 g/mol. The number of nitrogens with zero attached hydrogens (tertiary/aromatic N) is 3. The lowest BCUT2D eigenvalue weighted by Crippen LogP contribution is -2.13. The van der Waals surface area contributed by atoms with Gasteiger partial charge >= 0.3 is 0 Å². The summed E-state index contributed by atoms with van der Waals surface area (Å²) in [4.78, 5) is 1.74. The topological polar surface area (TPSA) is 50.9 Å². The van der Waals surface area contributed by atoms with Gasteiger partial charge in [0.15, 0.2) is 0 Å². The number of benzene rings is 3. The minimum Gasteiger partial charge on any atom is -0.507 e. The minimum absolute atomic E-state index is 0.0200. The molecule has 1 unspecified atom stereocenters. The van der Waals surface area contributed by atoms with Crippen molar-refractivity contribution in [3.05, 3.63) is 71.3 Å². The van der Waals surface area contributed by atoms with Gasteiger partial charge in [-0.2, -0.15) is 0 Å². The lowest BCUT2D eigenvalue weighted by molar-refractivity contribution is 0.464. The van der Waals surface area contributed by atoms with Gasteiger partial charge in [0.2, 0.25) is 0 Å². The van der Waals surface area contributed by atoms with Crippen LogP contribution >= 0.6 is 0 Å². The highest BCUT2D eigenvalue weighted by Crippen LogP contribution is 2.40. The Balaban J connectivity index is 1.90. The van der Waals surface area contributed by atoms with Crippen LogP contribution < -0.4 is 0 Å². The molecule has 0 saturated carbocycles. The van der Waals surface area contributed by atoms with E-state index in [9.17, 15) is 5.11 Å². The molecule has 4 rings (SSSR count). The largest absolute Gasteiger partial charge is 0.507 e. The summed E-state index contributed by atoms with van der Waals surface area (Å²) in [5.74, 6) is 0.629. The van der Waals surface area contributed by atoms with Crippen LogP contribution in [-0.2, 0) is 11.8 Å². The summed E-state index contributed by atoms with van der Waals surface area (Å²) in [5, 5.41) is 21.0. The number of para-hydroxylation sites is 1. The van der Waals surface area contributed by atoms with E-state index in [4.69, 9.17) is 10.2 Å². The maximum atomic E-state index is 11.3. The monoisotopic (exact) mass is 455 g/mol. The highest BCUT2D eigenvalue weighted by atomic mass is 16.3. The second-order valence-electron chi connectivity index (χ2n) is 10.5. The number of aryl methyl sites for hydroxylation is 1. The molecule has 0 aliphatic heterocycles. The Hall–Kier alpha value is -3.14. The van der Waals surface area contributed by atoms with Gasteiger partial charge in [0.1, 0.15) is 16.8 Å². The van der Waals surface area contributed by atoms with Crippen molar-refractivity contribution in [2.45, 2.75) is 78.6 Å². The van der Waals surface area contributed by atoms with E-state index in [1.54, 1.807) is 4.80 Å². The van der Waals surface area contributed by atoms with Crippen molar-refractivity contribution in [2.75, 3.05) is 0 Å². The van der Waals surface area contributed by atoms with Gasteiger partial charge in [-0.3, -0.25) is 0 Å². The molecule has 34 heavy (non-hydrogen) atoms. The van der Waals surface area contributed by atoms with Crippen molar-refractivity contribution in [2.24, 2.45) is 0 Å². The van der Waals surface area contributed by atoms with Gasteiger partial charge in [0.05, 0.1) is 5.69 Å². The summed E-state index contributed by atoms with van der Waals surface area (Å²) in [5.41, 5.74) is 7.87. The number of phenolic OH excluding ortho intramolecular Hbond substituents is 1. The van der Waals surface area contributed by atoms with Crippen molar-refractivity contribution in [3.8, 4) is 22.6 Å². The van der Waals surface area contributed by atoms with E-state index in [0.717, 1.165) is 46.3 Å². The van der Waals surface area contributed by atoms with Crippen LogP contribution in [0.5, 0.6) is 5.75 Å². The molecule has 4 nitrogen and oxygen atoms in total. The normalized spacial score (nSPS) is 12.9. The molecule has 0 fully saturated rings. The SMILES string of the molecule is CCCCc1ccc2nn(-c3cc(C(C)(C)C)ccc3-c3cccc(C(C)CC)c3O)nc2c1. The molecule has 0 saturated heterocycles. The zero-order valence-corrected chi connectivity index (χ0v) is 21.4. The van der Waals surface area contributed by atoms with Gasteiger partial charge in [-0.05, 0) is 65.5 Å². The molecule has 0 aliphatic rings. The first kappa shape index (κ1) is 24.0. The zero-order valence-electron chi connectivity index (χ0n) is 21.4. The number of unbranched alkanes of at least 4 members (excludes halogenated alkanes) is 1. The molecule has 0 radical (unpaired) electrons. The predicted molar refractivity (Wildman–Crippen MR) is 142 cm³/mol. The number of phenols is 1. The highest BCUT2D eigenvalue weighted by Gasteiger charge is 2.21. The molecule has 3 aromatic carbocycles. The van der Waals surface area contributed by atoms with Crippen LogP contribution in [0.15, 0.2) is 54.6 Å². The molecule has 1 N–H and O–H groups in total. The molecule has 0 spiro atoms.